The van der Waals surface area contributed by atoms with E-state index in [2.05, 4.69) is 25.3 Å². The van der Waals surface area contributed by atoms with Crippen LogP contribution in [0.2, 0.25) is 0 Å². The molecule has 4 atom stereocenters. The van der Waals surface area contributed by atoms with Gasteiger partial charge in [0, 0.05) is 5.92 Å². The number of nitrogens with zero attached hydrogens (tertiary/aromatic N) is 2. The van der Waals surface area contributed by atoms with E-state index in [0.29, 0.717) is 18.0 Å². The minimum Gasteiger partial charge on any atom is -0.479 e. The smallest absolute Gasteiger partial charge is 0.459 e. The summed E-state index contributed by atoms with van der Waals surface area (Å²) in [6, 6.07) is 10.5. The predicted molar refractivity (Wildman–Crippen MR) is 117 cm³/mol. The third kappa shape index (κ3) is 6.46. The van der Waals surface area contributed by atoms with Gasteiger partial charge in [0.05, 0.1) is 26.9 Å². The minimum absolute atomic E-state index is 0.0388. The van der Waals surface area contributed by atoms with E-state index in [1.54, 1.807) is 30.3 Å². The van der Waals surface area contributed by atoms with Crippen LogP contribution in [0.1, 0.15) is 18.9 Å². The second-order valence-electron chi connectivity index (χ2n) is 7.24. The zero-order valence-corrected chi connectivity index (χ0v) is 19.3. The average molecular weight is 479 g/mol. The fraction of sp³-hybridized carbons (Fsp3) is 0.450. The molecule has 0 bridgehead atoms. The van der Waals surface area contributed by atoms with Gasteiger partial charge in [-0.25, -0.2) is 9.65 Å². The maximum absolute atomic E-state index is 13.2. The Bertz CT molecular complexity index is 1030. The zero-order valence-electron chi connectivity index (χ0n) is 18.4. The fourth-order valence-corrected chi connectivity index (χ4v) is 4.47. The van der Waals surface area contributed by atoms with Gasteiger partial charge < -0.3 is 24.1 Å². The summed E-state index contributed by atoms with van der Waals surface area (Å²) in [5.41, 5.74) is 0.237. The number of carbonyl (C=O) groups excluding carboxylic acids is 1. The molecule has 178 valence electrons. The molecule has 33 heavy (non-hydrogen) atoms. The number of methoxy groups -OCH3 is 2. The van der Waals surface area contributed by atoms with Gasteiger partial charge in [-0.15, -0.1) is 5.10 Å². The number of esters is 1. The highest BCUT2D eigenvalue weighted by Crippen LogP contribution is 2.45. The summed E-state index contributed by atoms with van der Waals surface area (Å²) < 4.78 is 40.0. The molecular formula is C20H26N5O7P. The molecule has 3 rings (SSSR count). The van der Waals surface area contributed by atoms with E-state index in [0.717, 1.165) is 0 Å². The van der Waals surface area contributed by atoms with Crippen LogP contribution in [0.3, 0.4) is 0 Å². The van der Waals surface area contributed by atoms with E-state index in [1.165, 1.54) is 14.2 Å². The molecule has 1 aromatic heterocycles. The van der Waals surface area contributed by atoms with Crippen molar-refractivity contribution in [2.45, 2.75) is 25.7 Å². The molecular weight excluding hydrogens is 453 g/mol. The number of nitriles is 1. The Labute approximate surface area is 191 Å². The Hall–Kier alpha value is -3.10. The number of benzene rings is 1. The lowest BCUT2D eigenvalue weighted by Crippen LogP contribution is -2.28. The minimum atomic E-state index is -3.91. The fourth-order valence-electron chi connectivity index (χ4n) is 3.18. The van der Waals surface area contributed by atoms with Crippen LogP contribution in [0.15, 0.2) is 30.3 Å². The van der Waals surface area contributed by atoms with E-state index in [9.17, 15) is 14.6 Å². The topological polar surface area (TPSA) is 157 Å². The van der Waals surface area contributed by atoms with Gasteiger partial charge in [0.25, 0.3) is 5.88 Å². The first-order valence-electron chi connectivity index (χ1n) is 10.1. The molecule has 2 unspecified atom stereocenters. The van der Waals surface area contributed by atoms with E-state index in [1.807, 2.05) is 13.0 Å². The molecule has 1 aliphatic heterocycles. The molecule has 0 aliphatic carbocycles. The molecule has 2 aromatic rings. The number of para-hydroxylation sites is 1. The van der Waals surface area contributed by atoms with E-state index < -0.39 is 26.0 Å². The standard InChI is InChI=1S/C20H26N5O7P/c1-13-9-15(31-19(13)23-18-16(10-21)20(29-3)25-24-18)12-30-33(27,22-11-17(26)28-2)32-14-7-5-4-6-8-14/h4-8,13,15,19H,9,11-12H2,1-3H3,(H,22,27)(H2,23,24,25)/t13?,15-,19+,33?/m0/s1. The molecule has 0 radical (unpaired) electrons. The SMILES string of the molecule is COC(=O)CNP(=O)(OC[C@@H]1CC(C)[C@H](Nc2[nH]nc(OC)c2C#N)O1)Oc1ccccc1. The molecule has 1 aromatic carbocycles. The van der Waals surface area contributed by atoms with Crippen LogP contribution in [-0.2, 0) is 23.4 Å². The number of anilines is 1. The van der Waals surface area contributed by atoms with Crippen LogP contribution < -0.4 is 19.7 Å². The van der Waals surface area contributed by atoms with Crippen molar-refractivity contribution in [2.24, 2.45) is 5.92 Å². The van der Waals surface area contributed by atoms with Gasteiger partial charge in [-0.1, -0.05) is 25.1 Å². The number of aromatic nitrogens is 2. The quantitative estimate of drug-likeness (QED) is 0.321. The first-order valence-corrected chi connectivity index (χ1v) is 11.7. The molecule has 0 saturated carbocycles. The zero-order chi connectivity index (χ0) is 23.8. The molecule has 1 aliphatic rings. The normalized spacial score (nSPS) is 21.6. The molecule has 2 heterocycles. The summed E-state index contributed by atoms with van der Waals surface area (Å²) in [5, 5.41) is 21.6. The number of ether oxygens (including phenoxy) is 3. The maximum atomic E-state index is 13.2. The number of carbonyl (C=O) groups is 1. The number of hydrogen-bond donors (Lipinski definition) is 3. The molecule has 1 saturated heterocycles. The second-order valence-corrected chi connectivity index (χ2v) is 8.99. The summed E-state index contributed by atoms with van der Waals surface area (Å²) in [5.74, 6) is 0.299. The Balaban J connectivity index is 1.62. The number of aromatic amines is 1. The van der Waals surface area contributed by atoms with Crippen molar-refractivity contribution < 1.29 is 32.6 Å². The Kier molecular flexibility index (Phi) is 8.30. The van der Waals surface area contributed by atoms with Crippen molar-refractivity contribution >= 4 is 19.5 Å². The molecule has 12 nitrogen and oxygen atoms in total. The lowest BCUT2D eigenvalue weighted by Gasteiger charge is -2.21. The number of hydrogen-bond acceptors (Lipinski definition) is 10. The summed E-state index contributed by atoms with van der Waals surface area (Å²) in [7, 11) is -1.26. The van der Waals surface area contributed by atoms with Gasteiger partial charge in [-0.3, -0.25) is 14.4 Å². The third-order valence-corrected chi connectivity index (χ3v) is 6.34. The lowest BCUT2D eigenvalue weighted by molar-refractivity contribution is -0.139. The van der Waals surface area contributed by atoms with E-state index in [-0.39, 0.29) is 30.5 Å². The average Bonchev–Trinajstić information content (AvgIpc) is 3.39. The van der Waals surface area contributed by atoms with E-state index >= 15 is 0 Å². The lowest BCUT2D eigenvalue weighted by atomic mass is 10.1. The van der Waals surface area contributed by atoms with Gasteiger partial charge >= 0.3 is 13.7 Å². The monoisotopic (exact) mass is 479 g/mol. The largest absolute Gasteiger partial charge is 0.479 e. The van der Waals surface area contributed by atoms with E-state index in [4.69, 9.17) is 18.5 Å². The second kappa shape index (κ2) is 11.2. The summed E-state index contributed by atoms with van der Waals surface area (Å²) >= 11 is 0. The van der Waals surface area contributed by atoms with Crippen LogP contribution in [0.25, 0.3) is 0 Å². The van der Waals surface area contributed by atoms with Crippen LogP contribution in [0.5, 0.6) is 11.6 Å². The highest BCUT2D eigenvalue weighted by molar-refractivity contribution is 7.52. The van der Waals surface area contributed by atoms with Gasteiger partial charge in [-0.2, -0.15) is 5.26 Å². The summed E-state index contributed by atoms with van der Waals surface area (Å²) in [6.07, 6.45) is -0.276. The number of nitrogens with one attached hydrogen (secondary N) is 3. The molecule has 1 fully saturated rings. The molecule has 0 spiro atoms. The van der Waals surface area contributed by atoms with Crippen molar-refractivity contribution in [1.82, 2.24) is 15.3 Å². The van der Waals surface area contributed by atoms with Crippen molar-refractivity contribution in [1.29, 1.82) is 5.26 Å². The number of H-pyrrole nitrogens is 1. The Morgan fingerprint density at radius 3 is 2.79 bits per heavy atom. The Morgan fingerprint density at radius 2 is 2.12 bits per heavy atom. The third-order valence-electron chi connectivity index (χ3n) is 4.86. The van der Waals surface area contributed by atoms with Crippen LogP contribution in [0.4, 0.5) is 5.82 Å². The van der Waals surface area contributed by atoms with Crippen LogP contribution >= 0.6 is 7.75 Å². The van der Waals surface area contributed by atoms with Crippen molar-refractivity contribution in [3.63, 3.8) is 0 Å². The molecule has 0 amide bonds. The first-order chi connectivity index (χ1) is 15.9. The van der Waals surface area contributed by atoms with Gasteiger partial charge in [0.2, 0.25) is 0 Å². The Morgan fingerprint density at radius 1 is 1.36 bits per heavy atom. The van der Waals surface area contributed by atoms with Gasteiger partial charge in [0.1, 0.15) is 30.4 Å². The van der Waals surface area contributed by atoms with Gasteiger partial charge in [-0.05, 0) is 18.6 Å². The predicted octanol–water partition coefficient (Wildman–Crippen LogP) is 2.42. The highest BCUT2D eigenvalue weighted by atomic mass is 31.2. The van der Waals surface area contributed by atoms with Crippen LogP contribution in [-0.4, -0.2) is 55.9 Å². The summed E-state index contributed by atoms with van der Waals surface area (Å²) in [6.45, 7) is 1.55. The van der Waals surface area contributed by atoms with Crippen molar-refractivity contribution in [2.75, 3.05) is 32.7 Å². The molecule has 13 heteroatoms. The molecule has 3 N–H and O–H groups in total. The summed E-state index contributed by atoms with van der Waals surface area (Å²) in [4.78, 5) is 11.5. The van der Waals surface area contributed by atoms with Crippen molar-refractivity contribution in [3.8, 4) is 17.7 Å². The van der Waals surface area contributed by atoms with Crippen molar-refractivity contribution in [3.05, 3.63) is 35.9 Å². The number of rotatable bonds is 11. The van der Waals surface area contributed by atoms with Crippen LogP contribution in [0, 0.1) is 17.2 Å². The van der Waals surface area contributed by atoms with Gasteiger partial charge in [0.15, 0.2) is 5.56 Å². The highest BCUT2D eigenvalue weighted by Gasteiger charge is 2.36. The first kappa shape index (κ1) is 24.5. The maximum Gasteiger partial charge on any atom is 0.459 e.